The van der Waals surface area contributed by atoms with Crippen LogP contribution in [0.3, 0.4) is 0 Å². The second-order valence-electron chi connectivity index (χ2n) is 9.15. The van der Waals surface area contributed by atoms with Gasteiger partial charge >= 0.3 is 6.18 Å². The number of Topliss-reactive ketones (excluding diaryl/α,β-unsaturated/α-hetero) is 1. The Hall–Kier alpha value is -2.84. The number of carbonyl (C=O) groups is 1. The second-order valence-corrected chi connectivity index (χ2v) is 9.54. The van der Waals surface area contributed by atoms with Crippen molar-refractivity contribution in [3.8, 4) is 0 Å². The van der Waals surface area contributed by atoms with Gasteiger partial charge in [0, 0.05) is 36.3 Å². The molecule has 3 aromatic rings. The van der Waals surface area contributed by atoms with Gasteiger partial charge in [-0.3, -0.25) is 9.78 Å². The standard InChI is InChI=1S/C27H26ClF4N3O/c28-24-18-20(8-14-33-24)23(36)7-10-26(25-22(29)6-3-13-34-25)11-16-35(17-12-26)15-9-19-4-1-2-5-21(19)27(30,31)32/h1-6,8,13-14,18H,7,9-12,15-17H2. The second kappa shape index (κ2) is 11.0. The molecule has 1 aliphatic rings. The van der Waals surface area contributed by atoms with Crippen LogP contribution < -0.4 is 0 Å². The highest BCUT2D eigenvalue weighted by molar-refractivity contribution is 6.29. The van der Waals surface area contributed by atoms with Crippen LogP contribution >= 0.6 is 11.6 Å². The molecule has 0 atom stereocenters. The number of pyridine rings is 2. The quantitative estimate of drug-likeness (QED) is 0.193. The van der Waals surface area contributed by atoms with Gasteiger partial charge in [-0.1, -0.05) is 29.8 Å². The highest BCUT2D eigenvalue weighted by Crippen LogP contribution is 2.40. The van der Waals surface area contributed by atoms with Crippen molar-refractivity contribution >= 4 is 17.4 Å². The third-order valence-electron chi connectivity index (χ3n) is 6.97. The summed E-state index contributed by atoms with van der Waals surface area (Å²) in [5.41, 5.74) is -0.195. The molecule has 36 heavy (non-hydrogen) atoms. The number of benzene rings is 1. The lowest BCUT2D eigenvalue weighted by molar-refractivity contribution is -0.138. The Kier molecular flexibility index (Phi) is 8.05. The molecule has 0 unspecified atom stereocenters. The molecule has 0 bridgehead atoms. The van der Waals surface area contributed by atoms with Crippen LogP contribution in [-0.4, -0.2) is 40.3 Å². The summed E-state index contributed by atoms with van der Waals surface area (Å²) in [5, 5.41) is 0.228. The third kappa shape index (κ3) is 6.10. The Morgan fingerprint density at radius 3 is 2.47 bits per heavy atom. The summed E-state index contributed by atoms with van der Waals surface area (Å²) in [6, 6.07) is 11.6. The summed E-state index contributed by atoms with van der Waals surface area (Å²) in [5.74, 6) is -0.523. The summed E-state index contributed by atoms with van der Waals surface area (Å²) in [6.45, 7) is 1.60. The van der Waals surface area contributed by atoms with Gasteiger partial charge in [0.1, 0.15) is 11.0 Å². The first-order valence-electron chi connectivity index (χ1n) is 11.8. The minimum Gasteiger partial charge on any atom is -0.303 e. The van der Waals surface area contributed by atoms with Crippen LogP contribution in [0.25, 0.3) is 0 Å². The molecule has 1 aromatic carbocycles. The average Bonchev–Trinajstić information content (AvgIpc) is 2.86. The van der Waals surface area contributed by atoms with E-state index in [2.05, 4.69) is 14.9 Å². The van der Waals surface area contributed by atoms with Gasteiger partial charge in [-0.05, 0) is 74.7 Å². The molecule has 4 rings (SSSR count). The molecule has 4 nitrogen and oxygen atoms in total. The first kappa shape index (κ1) is 26.2. The molecule has 0 saturated carbocycles. The lowest BCUT2D eigenvalue weighted by Crippen LogP contribution is -2.44. The van der Waals surface area contributed by atoms with Crippen molar-refractivity contribution in [1.29, 1.82) is 0 Å². The summed E-state index contributed by atoms with van der Waals surface area (Å²) in [7, 11) is 0. The minimum absolute atomic E-state index is 0.110. The highest BCUT2D eigenvalue weighted by atomic mass is 35.5. The van der Waals surface area contributed by atoms with E-state index >= 15 is 0 Å². The average molecular weight is 520 g/mol. The van der Waals surface area contributed by atoms with Crippen molar-refractivity contribution in [3.63, 3.8) is 0 Å². The number of piperidine rings is 1. The Labute approximate surface area is 212 Å². The molecular weight excluding hydrogens is 494 g/mol. The molecule has 1 aliphatic heterocycles. The molecular formula is C27H26ClF4N3O. The Bertz CT molecular complexity index is 1210. The summed E-state index contributed by atoms with van der Waals surface area (Å²) < 4.78 is 54.9. The number of nitrogens with zero attached hydrogens (tertiary/aromatic N) is 3. The maximum absolute atomic E-state index is 14.8. The fourth-order valence-corrected chi connectivity index (χ4v) is 5.13. The summed E-state index contributed by atoms with van der Waals surface area (Å²) in [6.07, 6.45) is 0.583. The SMILES string of the molecule is O=C(CCC1(c2ncccc2F)CCN(CCc2ccccc2C(F)(F)F)CC1)c1ccnc(Cl)c1. The number of carbonyl (C=O) groups excluding carboxylic acids is 1. The van der Waals surface area contributed by atoms with Crippen LogP contribution in [0.1, 0.15) is 52.9 Å². The lowest BCUT2D eigenvalue weighted by atomic mass is 9.71. The van der Waals surface area contributed by atoms with Gasteiger partial charge in [0.15, 0.2) is 5.78 Å². The summed E-state index contributed by atoms with van der Waals surface area (Å²) >= 11 is 5.92. The molecule has 1 saturated heterocycles. The highest BCUT2D eigenvalue weighted by Gasteiger charge is 2.40. The van der Waals surface area contributed by atoms with E-state index in [4.69, 9.17) is 11.6 Å². The smallest absolute Gasteiger partial charge is 0.303 e. The van der Waals surface area contributed by atoms with Crippen LogP contribution in [0.5, 0.6) is 0 Å². The van der Waals surface area contributed by atoms with Crippen molar-refractivity contribution in [2.75, 3.05) is 19.6 Å². The summed E-state index contributed by atoms with van der Waals surface area (Å²) in [4.78, 5) is 23.2. The first-order valence-corrected chi connectivity index (χ1v) is 12.2. The van der Waals surface area contributed by atoms with Gasteiger partial charge in [0.25, 0.3) is 0 Å². The normalized spacial score (nSPS) is 16.1. The van der Waals surface area contributed by atoms with Crippen molar-refractivity contribution < 1.29 is 22.4 Å². The Morgan fingerprint density at radius 1 is 1.03 bits per heavy atom. The number of aromatic nitrogens is 2. The number of rotatable bonds is 8. The first-order chi connectivity index (χ1) is 17.2. The number of likely N-dealkylation sites (tertiary alicyclic amines) is 1. The molecule has 190 valence electrons. The van der Waals surface area contributed by atoms with Gasteiger partial charge in [0.2, 0.25) is 0 Å². The van der Waals surface area contributed by atoms with Crippen LogP contribution in [0.4, 0.5) is 17.6 Å². The fourth-order valence-electron chi connectivity index (χ4n) is 4.95. The maximum Gasteiger partial charge on any atom is 0.416 e. The molecule has 0 aliphatic carbocycles. The number of ketones is 1. The number of alkyl halides is 3. The van der Waals surface area contributed by atoms with E-state index in [-0.39, 0.29) is 29.3 Å². The molecule has 2 aromatic heterocycles. The molecule has 0 N–H and O–H groups in total. The van der Waals surface area contributed by atoms with Gasteiger partial charge in [-0.15, -0.1) is 0 Å². The van der Waals surface area contributed by atoms with Crippen LogP contribution in [0.2, 0.25) is 5.15 Å². The lowest BCUT2D eigenvalue weighted by Gasteiger charge is -2.42. The van der Waals surface area contributed by atoms with E-state index in [1.54, 1.807) is 18.3 Å². The molecule has 3 heterocycles. The zero-order valence-electron chi connectivity index (χ0n) is 19.6. The van der Waals surface area contributed by atoms with Gasteiger partial charge in [0.05, 0.1) is 11.3 Å². The van der Waals surface area contributed by atoms with E-state index in [1.807, 2.05) is 0 Å². The Morgan fingerprint density at radius 2 is 1.78 bits per heavy atom. The molecule has 0 radical (unpaired) electrons. The zero-order chi connectivity index (χ0) is 25.8. The van der Waals surface area contributed by atoms with E-state index in [9.17, 15) is 22.4 Å². The Balaban J connectivity index is 1.46. The monoisotopic (exact) mass is 519 g/mol. The molecule has 0 amide bonds. The van der Waals surface area contributed by atoms with Crippen molar-refractivity contribution in [1.82, 2.24) is 14.9 Å². The topological polar surface area (TPSA) is 46.1 Å². The van der Waals surface area contributed by atoms with E-state index in [1.165, 1.54) is 36.5 Å². The molecule has 1 fully saturated rings. The zero-order valence-corrected chi connectivity index (χ0v) is 20.3. The third-order valence-corrected chi connectivity index (χ3v) is 7.18. The van der Waals surface area contributed by atoms with Gasteiger partial charge in [-0.2, -0.15) is 13.2 Å². The minimum atomic E-state index is -4.39. The van der Waals surface area contributed by atoms with E-state index < -0.39 is 23.0 Å². The van der Waals surface area contributed by atoms with Crippen molar-refractivity contribution in [2.24, 2.45) is 0 Å². The number of hydrogen-bond donors (Lipinski definition) is 0. The van der Waals surface area contributed by atoms with Gasteiger partial charge in [-0.25, -0.2) is 9.37 Å². The van der Waals surface area contributed by atoms with Crippen molar-refractivity contribution in [3.05, 3.63) is 94.3 Å². The number of hydrogen-bond acceptors (Lipinski definition) is 4. The molecule has 9 heteroatoms. The van der Waals surface area contributed by atoms with E-state index in [0.29, 0.717) is 50.2 Å². The maximum atomic E-state index is 14.8. The molecule has 0 spiro atoms. The van der Waals surface area contributed by atoms with Crippen LogP contribution in [0, 0.1) is 5.82 Å². The van der Waals surface area contributed by atoms with Crippen LogP contribution in [0.15, 0.2) is 60.9 Å². The van der Waals surface area contributed by atoms with Crippen molar-refractivity contribution in [2.45, 2.75) is 43.7 Å². The fraction of sp³-hybridized carbons (Fsp3) is 0.370. The van der Waals surface area contributed by atoms with Gasteiger partial charge < -0.3 is 4.90 Å². The predicted octanol–water partition coefficient (Wildman–Crippen LogP) is 6.53. The predicted molar refractivity (Wildman–Crippen MR) is 130 cm³/mol. The number of halogens is 5. The van der Waals surface area contributed by atoms with E-state index in [0.717, 1.165) is 6.07 Å². The van der Waals surface area contributed by atoms with Crippen LogP contribution in [-0.2, 0) is 18.0 Å². The largest absolute Gasteiger partial charge is 0.416 e.